The van der Waals surface area contributed by atoms with Crippen molar-refractivity contribution in [3.05, 3.63) is 62.9 Å². The molecule has 0 saturated carbocycles. The molecule has 0 saturated heterocycles. The van der Waals surface area contributed by atoms with Crippen LogP contribution in [0.5, 0.6) is 17.2 Å². The Morgan fingerprint density at radius 1 is 0.973 bits per heavy atom. The number of phenols is 1. The number of hydrogen-bond acceptors (Lipinski definition) is 5. The first-order valence-electron chi connectivity index (χ1n) is 10.2. The lowest BCUT2D eigenvalue weighted by atomic mass is 10.0. The van der Waals surface area contributed by atoms with Crippen molar-refractivity contribution in [1.29, 1.82) is 0 Å². The second-order valence-corrected chi connectivity index (χ2v) is 8.26. The van der Waals surface area contributed by atoms with Crippen LogP contribution in [-0.4, -0.2) is 42.2 Å². The number of halogens is 9. The maximum absolute atomic E-state index is 13.0. The number of carbonyl (C=O) groups is 1. The average Bonchev–Trinajstić information content (AvgIpc) is 2.79. The summed E-state index contributed by atoms with van der Waals surface area (Å²) in [6.07, 6.45) is -10.7. The van der Waals surface area contributed by atoms with Crippen LogP contribution >= 0.6 is 23.2 Å². The number of benzene rings is 2. The number of rotatable bonds is 2. The number of fused-ring (bicyclic) bond motifs is 2. The number of carbonyl (C=O) groups excluding carboxylic acids is 1. The summed E-state index contributed by atoms with van der Waals surface area (Å²) in [5.41, 5.74) is -0.188. The minimum absolute atomic E-state index is 0.0655. The Morgan fingerprint density at radius 2 is 1.59 bits per heavy atom. The molecule has 0 aromatic heterocycles. The van der Waals surface area contributed by atoms with E-state index in [0.717, 1.165) is 24.3 Å². The smallest absolute Gasteiger partial charge is 0.430 e. The summed E-state index contributed by atoms with van der Waals surface area (Å²) in [6.45, 7) is 1.41. The zero-order chi connectivity index (χ0) is 27.7. The molecular formula is C23H15Cl2F7O5. The minimum Gasteiger partial charge on any atom is -0.506 e. The van der Waals surface area contributed by atoms with Gasteiger partial charge in [0.15, 0.2) is 0 Å². The zero-order valence-corrected chi connectivity index (χ0v) is 19.9. The number of ether oxygens (including phenoxy) is 3. The van der Waals surface area contributed by atoms with E-state index in [0.29, 0.717) is 5.56 Å². The van der Waals surface area contributed by atoms with Gasteiger partial charge in [0.2, 0.25) is 12.2 Å². The predicted molar refractivity (Wildman–Crippen MR) is 119 cm³/mol. The van der Waals surface area contributed by atoms with Crippen molar-refractivity contribution >= 4 is 41.3 Å². The Hall–Kier alpha value is -3.12. The lowest BCUT2D eigenvalue weighted by Gasteiger charge is -2.28. The van der Waals surface area contributed by atoms with Crippen molar-refractivity contribution in [3.63, 3.8) is 0 Å². The molecule has 0 radical (unpaired) electrons. The van der Waals surface area contributed by atoms with E-state index in [4.69, 9.17) is 27.9 Å². The SMILES string of the molecule is CCOC(=O)C1=Cc2cc(Cl)c(O)cc2OC1C(F)(F)F.Fc1cc2c(cc1Cl)C=CC(C(F)(F)F)O2. The Bertz CT molecular complexity index is 1260. The molecule has 0 aliphatic carbocycles. The maximum atomic E-state index is 13.0. The fourth-order valence-corrected chi connectivity index (χ4v) is 3.49. The fraction of sp³-hybridized carbons (Fsp3) is 0.261. The van der Waals surface area contributed by atoms with Gasteiger partial charge in [0.1, 0.15) is 23.1 Å². The molecule has 2 aliphatic heterocycles. The van der Waals surface area contributed by atoms with Crippen LogP contribution in [0.2, 0.25) is 10.0 Å². The number of alkyl halides is 6. The van der Waals surface area contributed by atoms with Crippen LogP contribution in [0.3, 0.4) is 0 Å². The first-order chi connectivity index (χ1) is 17.1. The van der Waals surface area contributed by atoms with Crippen molar-refractivity contribution in [3.8, 4) is 17.2 Å². The van der Waals surface area contributed by atoms with Crippen LogP contribution in [0.1, 0.15) is 18.1 Å². The van der Waals surface area contributed by atoms with E-state index in [-0.39, 0.29) is 33.7 Å². The maximum Gasteiger partial charge on any atom is 0.430 e. The Kier molecular flexibility index (Phi) is 8.23. The average molecular weight is 575 g/mol. The molecule has 5 nitrogen and oxygen atoms in total. The van der Waals surface area contributed by atoms with E-state index in [9.17, 15) is 40.6 Å². The van der Waals surface area contributed by atoms with Gasteiger partial charge in [0.25, 0.3) is 0 Å². The number of aromatic hydroxyl groups is 1. The molecule has 2 aromatic carbocycles. The molecule has 2 aliphatic rings. The van der Waals surface area contributed by atoms with E-state index in [1.54, 1.807) is 0 Å². The van der Waals surface area contributed by atoms with Crippen molar-refractivity contribution < 1.29 is 54.8 Å². The van der Waals surface area contributed by atoms with Crippen LogP contribution in [0.25, 0.3) is 12.2 Å². The van der Waals surface area contributed by atoms with Gasteiger partial charge in [-0.05, 0) is 31.2 Å². The van der Waals surface area contributed by atoms with E-state index in [1.807, 2.05) is 0 Å². The van der Waals surface area contributed by atoms with Crippen molar-refractivity contribution in [2.24, 2.45) is 0 Å². The van der Waals surface area contributed by atoms with E-state index < -0.39 is 47.7 Å². The third kappa shape index (κ3) is 6.61. The minimum atomic E-state index is -4.80. The molecule has 0 spiro atoms. The van der Waals surface area contributed by atoms with E-state index >= 15 is 0 Å². The predicted octanol–water partition coefficient (Wildman–Crippen LogP) is 7.13. The summed E-state index contributed by atoms with van der Waals surface area (Å²) in [6, 6.07) is 4.24. The van der Waals surface area contributed by atoms with Gasteiger partial charge >= 0.3 is 18.3 Å². The molecule has 1 N–H and O–H groups in total. The van der Waals surface area contributed by atoms with Crippen LogP contribution in [0.4, 0.5) is 30.7 Å². The number of hydrogen-bond donors (Lipinski definition) is 1. The van der Waals surface area contributed by atoms with Gasteiger partial charge in [-0.3, -0.25) is 0 Å². The van der Waals surface area contributed by atoms with Crippen molar-refractivity contribution in [1.82, 2.24) is 0 Å². The summed E-state index contributed by atoms with van der Waals surface area (Å²) in [4.78, 5) is 11.7. The standard InChI is InChI=1S/C13H10ClF3O4.C10H5ClF4O/c1-2-20-12(19)7-3-6-4-8(14)9(18)5-10(6)21-11(7)13(15,16)17;11-6-3-5-1-2-9(10(13,14)15)16-8(5)4-7(6)12/h3-5,11,18H,2H2,1H3;1-4,9H. The molecular weight excluding hydrogens is 560 g/mol. The van der Waals surface area contributed by atoms with Crippen molar-refractivity contribution in [2.45, 2.75) is 31.5 Å². The highest BCUT2D eigenvalue weighted by Gasteiger charge is 2.49. The molecule has 0 bridgehead atoms. The summed E-state index contributed by atoms with van der Waals surface area (Å²) < 4.78 is 103. The largest absolute Gasteiger partial charge is 0.506 e. The first-order valence-corrected chi connectivity index (χ1v) is 10.9. The van der Waals surface area contributed by atoms with Crippen LogP contribution in [-0.2, 0) is 9.53 Å². The summed E-state index contributed by atoms with van der Waals surface area (Å²) in [7, 11) is 0. The zero-order valence-electron chi connectivity index (χ0n) is 18.4. The number of phenolic OH excluding ortho intramolecular Hbond substituents is 1. The molecule has 2 aromatic rings. The molecule has 14 heteroatoms. The second-order valence-electron chi connectivity index (χ2n) is 7.44. The van der Waals surface area contributed by atoms with Crippen molar-refractivity contribution in [2.75, 3.05) is 6.61 Å². The number of esters is 1. The van der Waals surface area contributed by atoms with E-state index in [1.165, 1.54) is 25.1 Å². The van der Waals surface area contributed by atoms with Gasteiger partial charge in [-0.2, -0.15) is 26.3 Å². The lowest BCUT2D eigenvalue weighted by Crippen LogP contribution is -2.40. The van der Waals surface area contributed by atoms with Gasteiger partial charge < -0.3 is 19.3 Å². The molecule has 37 heavy (non-hydrogen) atoms. The quantitative estimate of drug-likeness (QED) is 0.305. The third-order valence-corrected chi connectivity index (χ3v) is 5.40. The topological polar surface area (TPSA) is 65.0 Å². The van der Waals surface area contributed by atoms with Gasteiger partial charge in [-0.15, -0.1) is 0 Å². The van der Waals surface area contributed by atoms with Gasteiger partial charge in [-0.25, -0.2) is 9.18 Å². The Morgan fingerprint density at radius 3 is 2.19 bits per heavy atom. The van der Waals surface area contributed by atoms with E-state index in [2.05, 4.69) is 9.47 Å². The Balaban J connectivity index is 0.000000213. The first kappa shape index (κ1) is 28.5. The van der Waals surface area contributed by atoms with Crippen LogP contribution in [0, 0.1) is 5.82 Å². The lowest BCUT2D eigenvalue weighted by molar-refractivity contribution is -0.187. The molecule has 200 valence electrons. The Labute approximate surface area is 214 Å². The highest BCUT2D eigenvalue weighted by atomic mass is 35.5. The summed E-state index contributed by atoms with van der Waals surface area (Å²) in [5, 5.41) is 9.20. The molecule has 2 atom stereocenters. The molecule has 2 unspecified atom stereocenters. The third-order valence-electron chi connectivity index (χ3n) is 4.81. The van der Waals surface area contributed by atoms with Gasteiger partial charge in [0.05, 0.1) is 22.2 Å². The van der Waals surface area contributed by atoms with Gasteiger partial charge in [0, 0.05) is 23.3 Å². The highest BCUT2D eigenvalue weighted by molar-refractivity contribution is 6.32. The molecule has 4 rings (SSSR count). The van der Waals surface area contributed by atoms with Gasteiger partial charge in [-0.1, -0.05) is 29.3 Å². The second kappa shape index (κ2) is 10.7. The monoisotopic (exact) mass is 574 g/mol. The summed E-state index contributed by atoms with van der Waals surface area (Å²) in [5.74, 6) is -2.71. The fourth-order valence-electron chi connectivity index (χ4n) is 3.15. The highest BCUT2D eigenvalue weighted by Crippen LogP contribution is 2.41. The van der Waals surface area contributed by atoms with Crippen LogP contribution < -0.4 is 9.47 Å². The molecule has 0 fully saturated rings. The summed E-state index contributed by atoms with van der Waals surface area (Å²) >= 11 is 11.2. The molecule has 0 amide bonds. The molecule has 2 heterocycles. The van der Waals surface area contributed by atoms with Crippen LogP contribution in [0.15, 0.2) is 35.9 Å². The normalized spacial score (nSPS) is 18.3.